The summed E-state index contributed by atoms with van der Waals surface area (Å²) in [5.41, 5.74) is 1.20. The highest BCUT2D eigenvalue weighted by atomic mass is 32.1. The molecule has 0 spiro atoms. The van der Waals surface area contributed by atoms with Crippen molar-refractivity contribution in [2.24, 2.45) is 7.05 Å². The van der Waals surface area contributed by atoms with Crippen molar-refractivity contribution in [1.29, 1.82) is 0 Å². The molecule has 0 aliphatic heterocycles. The van der Waals surface area contributed by atoms with E-state index in [1.807, 2.05) is 24.3 Å². The summed E-state index contributed by atoms with van der Waals surface area (Å²) in [5, 5.41) is 13.2. The van der Waals surface area contributed by atoms with Gasteiger partial charge in [-0.2, -0.15) is 4.57 Å². The highest BCUT2D eigenvalue weighted by molar-refractivity contribution is 7.18. The minimum absolute atomic E-state index is 0.366. The van der Waals surface area contributed by atoms with E-state index in [0.29, 0.717) is 5.75 Å². The van der Waals surface area contributed by atoms with Crippen LogP contribution in [0.5, 0.6) is 5.75 Å². The summed E-state index contributed by atoms with van der Waals surface area (Å²) in [7, 11) is 2.07. The summed E-state index contributed by atoms with van der Waals surface area (Å²) in [6.45, 7) is 2.09. The number of rotatable bonds is 0. The largest absolute Gasteiger partial charge is 0.507 e. The molecular formula is C13H12NOS+. The summed E-state index contributed by atoms with van der Waals surface area (Å²) in [6.07, 6.45) is 0. The Labute approximate surface area is 97.4 Å². The van der Waals surface area contributed by atoms with Crippen molar-refractivity contribution >= 4 is 32.3 Å². The van der Waals surface area contributed by atoms with Gasteiger partial charge >= 0.3 is 0 Å². The van der Waals surface area contributed by atoms with Crippen LogP contribution >= 0.6 is 11.3 Å². The number of phenolic OH excluding ortho intramolecular Hbond substituents is 1. The van der Waals surface area contributed by atoms with E-state index < -0.39 is 0 Å². The first-order chi connectivity index (χ1) is 7.68. The third kappa shape index (κ3) is 1.15. The highest BCUT2D eigenvalue weighted by Gasteiger charge is 2.18. The van der Waals surface area contributed by atoms with Crippen LogP contribution in [0.4, 0.5) is 0 Å². The number of aryl methyl sites for hydroxylation is 2. The Morgan fingerprint density at radius 1 is 1.19 bits per heavy atom. The standard InChI is InChI=1S/C13H11NOS/c1-8-14(2)13-10-6-4-3-5-9(10)11(15)7-12(13)16-8/h3-7H,1-2H3/p+1. The van der Waals surface area contributed by atoms with Gasteiger partial charge in [0.2, 0.25) is 10.5 Å². The van der Waals surface area contributed by atoms with Gasteiger partial charge in [-0.25, -0.2) is 0 Å². The van der Waals surface area contributed by atoms with Crippen molar-refractivity contribution in [3.05, 3.63) is 35.3 Å². The summed E-state index contributed by atoms with van der Waals surface area (Å²) in [6, 6.07) is 9.83. The van der Waals surface area contributed by atoms with Crippen LogP contribution < -0.4 is 4.57 Å². The lowest BCUT2D eigenvalue weighted by Crippen LogP contribution is -2.28. The van der Waals surface area contributed by atoms with Crippen molar-refractivity contribution in [1.82, 2.24) is 0 Å². The van der Waals surface area contributed by atoms with Gasteiger partial charge in [-0.1, -0.05) is 29.5 Å². The fourth-order valence-corrected chi connectivity index (χ4v) is 3.19. The molecule has 0 bridgehead atoms. The topological polar surface area (TPSA) is 24.1 Å². The van der Waals surface area contributed by atoms with Gasteiger partial charge in [-0.3, -0.25) is 0 Å². The molecule has 0 unspecified atom stereocenters. The molecule has 0 saturated carbocycles. The maximum absolute atomic E-state index is 9.97. The number of benzene rings is 2. The van der Waals surface area contributed by atoms with Crippen LogP contribution in [0.1, 0.15) is 5.01 Å². The molecule has 0 aliphatic rings. The molecule has 0 fully saturated rings. The quantitative estimate of drug-likeness (QED) is 0.590. The first kappa shape index (κ1) is 9.60. The molecule has 0 amide bonds. The molecule has 3 rings (SSSR count). The first-order valence-electron chi connectivity index (χ1n) is 5.18. The fraction of sp³-hybridized carbons (Fsp3) is 0.154. The molecule has 0 saturated heterocycles. The van der Waals surface area contributed by atoms with Crippen molar-refractivity contribution in [3.63, 3.8) is 0 Å². The van der Waals surface area contributed by atoms with Crippen LogP contribution in [-0.4, -0.2) is 5.11 Å². The average molecular weight is 230 g/mol. The number of hydrogen-bond acceptors (Lipinski definition) is 2. The Kier molecular flexibility index (Phi) is 1.91. The van der Waals surface area contributed by atoms with Crippen molar-refractivity contribution < 1.29 is 9.67 Å². The molecule has 0 aliphatic carbocycles. The first-order valence-corrected chi connectivity index (χ1v) is 6.00. The van der Waals surface area contributed by atoms with E-state index in [9.17, 15) is 5.11 Å². The molecule has 1 N–H and O–H groups in total. The van der Waals surface area contributed by atoms with E-state index in [0.717, 1.165) is 15.5 Å². The SMILES string of the molecule is Cc1sc2cc(O)c3ccccc3c2[n+]1C. The van der Waals surface area contributed by atoms with Gasteiger partial charge in [0, 0.05) is 18.4 Å². The van der Waals surface area contributed by atoms with Crippen LogP contribution in [0.3, 0.4) is 0 Å². The smallest absolute Gasteiger partial charge is 0.234 e. The molecule has 0 radical (unpaired) electrons. The zero-order valence-electron chi connectivity index (χ0n) is 9.19. The van der Waals surface area contributed by atoms with E-state index >= 15 is 0 Å². The number of hydrogen-bond donors (Lipinski definition) is 1. The van der Waals surface area contributed by atoms with Gasteiger partial charge in [-0.05, 0) is 6.07 Å². The van der Waals surface area contributed by atoms with Gasteiger partial charge in [0.25, 0.3) is 0 Å². The summed E-state index contributed by atoms with van der Waals surface area (Å²) < 4.78 is 3.32. The minimum atomic E-state index is 0.366. The van der Waals surface area contributed by atoms with E-state index in [1.54, 1.807) is 11.3 Å². The molecule has 2 aromatic carbocycles. The van der Waals surface area contributed by atoms with E-state index in [2.05, 4.69) is 24.6 Å². The monoisotopic (exact) mass is 230 g/mol. The number of fused-ring (bicyclic) bond motifs is 3. The molecule has 2 nitrogen and oxygen atoms in total. The number of phenols is 1. The fourth-order valence-electron chi connectivity index (χ4n) is 2.12. The molecule has 0 atom stereocenters. The molecule has 3 heteroatoms. The zero-order valence-corrected chi connectivity index (χ0v) is 10.0. The van der Waals surface area contributed by atoms with Gasteiger partial charge in [0.15, 0.2) is 0 Å². The second-order valence-corrected chi connectivity index (χ2v) is 5.20. The number of aromatic nitrogens is 1. The maximum atomic E-state index is 9.97. The molecule has 1 heterocycles. The Bertz CT molecular complexity index is 700. The van der Waals surface area contributed by atoms with Gasteiger partial charge in [0.05, 0.1) is 5.39 Å². The third-order valence-corrected chi connectivity index (χ3v) is 4.13. The Hall–Kier alpha value is -1.61. The van der Waals surface area contributed by atoms with Gasteiger partial charge in [-0.15, -0.1) is 0 Å². The van der Waals surface area contributed by atoms with Crippen LogP contribution in [0.2, 0.25) is 0 Å². The van der Waals surface area contributed by atoms with Gasteiger partial charge < -0.3 is 5.11 Å². The van der Waals surface area contributed by atoms with Crippen LogP contribution in [0.25, 0.3) is 21.0 Å². The molecular weight excluding hydrogens is 218 g/mol. The Balaban J connectivity index is 2.66. The van der Waals surface area contributed by atoms with Crippen LogP contribution in [0.15, 0.2) is 30.3 Å². The maximum Gasteiger partial charge on any atom is 0.234 e. The Morgan fingerprint density at radius 3 is 2.62 bits per heavy atom. The normalized spacial score (nSPS) is 11.4. The predicted molar refractivity (Wildman–Crippen MR) is 66.9 cm³/mol. The van der Waals surface area contributed by atoms with E-state index in [4.69, 9.17) is 0 Å². The Morgan fingerprint density at radius 2 is 1.88 bits per heavy atom. The average Bonchev–Trinajstić information content (AvgIpc) is 2.55. The third-order valence-electron chi connectivity index (χ3n) is 3.02. The lowest BCUT2D eigenvalue weighted by Gasteiger charge is -1.99. The van der Waals surface area contributed by atoms with Gasteiger partial charge in [0.1, 0.15) is 17.5 Å². The zero-order chi connectivity index (χ0) is 11.3. The predicted octanol–water partition coefficient (Wildman–Crippen LogP) is 2.89. The summed E-state index contributed by atoms with van der Waals surface area (Å²) >= 11 is 1.71. The van der Waals surface area contributed by atoms with Crippen LogP contribution in [-0.2, 0) is 7.05 Å². The van der Waals surface area contributed by atoms with Crippen molar-refractivity contribution in [2.45, 2.75) is 6.92 Å². The molecule has 16 heavy (non-hydrogen) atoms. The summed E-state index contributed by atoms with van der Waals surface area (Å²) in [5.74, 6) is 0.366. The second-order valence-electron chi connectivity index (χ2n) is 3.97. The number of thiazole rings is 1. The minimum Gasteiger partial charge on any atom is -0.507 e. The summed E-state index contributed by atoms with van der Waals surface area (Å²) in [4.78, 5) is 0. The number of nitrogens with zero attached hydrogens (tertiary/aromatic N) is 1. The van der Waals surface area contributed by atoms with E-state index in [1.165, 1.54) is 10.5 Å². The highest BCUT2D eigenvalue weighted by Crippen LogP contribution is 2.33. The lowest BCUT2D eigenvalue weighted by molar-refractivity contribution is -0.645. The molecule has 3 aromatic rings. The number of aromatic hydroxyl groups is 1. The lowest BCUT2D eigenvalue weighted by atomic mass is 10.1. The van der Waals surface area contributed by atoms with Crippen molar-refractivity contribution in [3.8, 4) is 5.75 Å². The second kappa shape index (κ2) is 3.19. The van der Waals surface area contributed by atoms with Crippen molar-refractivity contribution in [2.75, 3.05) is 0 Å². The van der Waals surface area contributed by atoms with Crippen LogP contribution in [0, 0.1) is 6.92 Å². The molecule has 1 aromatic heterocycles. The van der Waals surface area contributed by atoms with E-state index in [-0.39, 0.29) is 0 Å². The molecule has 80 valence electrons.